The highest BCUT2D eigenvalue weighted by molar-refractivity contribution is 7.85. The Hall–Kier alpha value is -3.65. The monoisotopic (exact) mass is 508 g/mol. The summed E-state index contributed by atoms with van der Waals surface area (Å²) in [4.78, 5) is 14.2. The third-order valence-corrected chi connectivity index (χ3v) is 4.73. The molecule has 1 heterocycles. The number of hydrogen-bond acceptors (Lipinski definition) is 5. The molecule has 0 saturated heterocycles. The number of primary amides is 1. The summed E-state index contributed by atoms with van der Waals surface area (Å²) >= 11 is 0. The number of carbonyl (C=O) groups excluding carboxylic acids is 1. The van der Waals surface area contributed by atoms with Crippen LogP contribution in [0.25, 0.3) is 0 Å². The SMILES string of the molecule is NC(=O)c1ccc(C(F)(F)F)cc1C(F)(F)F.O=S(=O)(O)c1ccc(Oc2ccccc2)nc1. The molecule has 0 aliphatic heterocycles. The summed E-state index contributed by atoms with van der Waals surface area (Å²) < 4.78 is 109. The fourth-order valence-electron chi connectivity index (χ4n) is 2.36. The topological polar surface area (TPSA) is 120 Å². The van der Waals surface area contributed by atoms with Crippen molar-refractivity contribution in [2.75, 3.05) is 0 Å². The average molecular weight is 508 g/mol. The Morgan fingerprint density at radius 3 is 1.97 bits per heavy atom. The van der Waals surface area contributed by atoms with Gasteiger partial charge < -0.3 is 10.5 Å². The van der Waals surface area contributed by atoms with Crippen LogP contribution in [0.2, 0.25) is 0 Å². The van der Waals surface area contributed by atoms with E-state index in [2.05, 4.69) is 10.7 Å². The van der Waals surface area contributed by atoms with Crippen molar-refractivity contribution in [1.82, 2.24) is 4.98 Å². The van der Waals surface area contributed by atoms with Crippen LogP contribution in [0.1, 0.15) is 21.5 Å². The molecule has 182 valence electrons. The first kappa shape index (κ1) is 26.6. The van der Waals surface area contributed by atoms with E-state index in [1.54, 1.807) is 12.1 Å². The summed E-state index contributed by atoms with van der Waals surface area (Å²) in [5.41, 5.74) is 0.470. The lowest BCUT2D eigenvalue weighted by Crippen LogP contribution is -2.20. The maximum absolute atomic E-state index is 12.4. The highest BCUT2D eigenvalue weighted by atomic mass is 32.2. The first-order valence-corrected chi connectivity index (χ1v) is 10.3. The fraction of sp³-hybridized carbons (Fsp3) is 0.100. The second-order valence-electron chi connectivity index (χ2n) is 6.34. The van der Waals surface area contributed by atoms with Crippen molar-refractivity contribution in [1.29, 1.82) is 0 Å². The average Bonchev–Trinajstić information content (AvgIpc) is 2.73. The number of pyridine rings is 1. The first-order chi connectivity index (χ1) is 15.6. The van der Waals surface area contributed by atoms with Gasteiger partial charge in [0.25, 0.3) is 10.1 Å². The van der Waals surface area contributed by atoms with Crippen LogP contribution in [0.4, 0.5) is 26.3 Å². The lowest BCUT2D eigenvalue weighted by molar-refractivity contribution is -0.143. The number of para-hydroxylation sites is 1. The molecule has 0 aliphatic rings. The summed E-state index contributed by atoms with van der Waals surface area (Å²) in [6.07, 6.45) is -8.96. The summed E-state index contributed by atoms with van der Waals surface area (Å²) in [5.74, 6) is -0.589. The molecule has 0 spiro atoms. The van der Waals surface area contributed by atoms with E-state index in [1.807, 2.05) is 18.2 Å². The van der Waals surface area contributed by atoms with Crippen LogP contribution in [0.5, 0.6) is 11.6 Å². The Balaban J connectivity index is 0.000000240. The second kappa shape index (κ2) is 10.1. The molecule has 0 atom stereocenters. The van der Waals surface area contributed by atoms with Crippen molar-refractivity contribution in [2.24, 2.45) is 5.73 Å². The predicted octanol–water partition coefficient (Wildman–Crippen LogP) is 4.94. The lowest BCUT2D eigenvalue weighted by Gasteiger charge is -2.14. The number of halogens is 6. The molecule has 7 nitrogen and oxygen atoms in total. The third kappa shape index (κ3) is 7.45. The molecule has 0 unspecified atom stereocenters. The minimum absolute atomic E-state index is 0.139. The molecule has 34 heavy (non-hydrogen) atoms. The van der Waals surface area contributed by atoms with Crippen molar-refractivity contribution < 1.29 is 48.8 Å². The lowest BCUT2D eigenvalue weighted by atomic mass is 10.0. The minimum Gasteiger partial charge on any atom is -0.439 e. The number of nitrogens with two attached hydrogens (primary N) is 1. The molecule has 2 aromatic carbocycles. The molecule has 3 rings (SSSR count). The van der Waals surface area contributed by atoms with Crippen molar-refractivity contribution >= 4 is 16.0 Å². The van der Waals surface area contributed by atoms with E-state index < -0.39 is 45.1 Å². The minimum atomic E-state index is -5.08. The van der Waals surface area contributed by atoms with Gasteiger partial charge in [-0.1, -0.05) is 18.2 Å². The van der Waals surface area contributed by atoms with Gasteiger partial charge in [-0.15, -0.1) is 0 Å². The van der Waals surface area contributed by atoms with Gasteiger partial charge in [0.1, 0.15) is 10.6 Å². The van der Waals surface area contributed by atoms with E-state index >= 15 is 0 Å². The Kier molecular flexibility index (Phi) is 7.89. The van der Waals surface area contributed by atoms with Crippen molar-refractivity contribution in [3.63, 3.8) is 0 Å². The quantitative estimate of drug-likeness (QED) is 0.381. The van der Waals surface area contributed by atoms with Gasteiger partial charge in [0, 0.05) is 6.07 Å². The van der Waals surface area contributed by atoms with Gasteiger partial charge in [-0.25, -0.2) is 4.98 Å². The van der Waals surface area contributed by atoms with Crippen LogP contribution >= 0.6 is 0 Å². The van der Waals surface area contributed by atoms with E-state index in [0.29, 0.717) is 17.9 Å². The molecular formula is C20H14F6N2O5S. The number of benzene rings is 2. The van der Waals surface area contributed by atoms with Gasteiger partial charge in [0.2, 0.25) is 11.8 Å². The van der Waals surface area contributed by atoms with Gasteiger partial charge in [0.05, 0.1) is 22.9 Å². The number of nitrogens with zero attached hydrogens (tertiary/aromatic N) is 1. The Morgan fingerprint density at radius 1 is 0.912 bits per heavy atom. The molecule has 0 radical (unpaired) electrons. The summed E-state index contributed by atoms with van der Waals surface area (Å²) in [7, 11) is -4.21. The van der Waals surface area contributed by atoms with Crippen LogP contribution in [-0.2, 0) is 22.5 Å². The second-order valence-corrected chi connectivity index (χ2v) is 7.76. The molecule has 0 bridgehead atoms. The first-order valence-electron chi connectivity index (χ1n) is 8.83. The molecule has 1 aromatic heterocycles. The van der Waals surface area contributed by atoms with E-state index in [-0.39, 0.29) is 16.8 Å². The van der Waals surface area contributed by atoms with Gasteiger partial charge in [-0.3, -0.25) is 9.35 Å². The highest BCUT2D eigenvalue weighted by Gasteiger charge is 2.39. The van der Waals surface area contributed by atoms with Gasteiger partial charge in [0.15, 0.2) is 0 Å². The van der Waals surface area contributed by atoms with E-state index in [0.717, 1.165) is 6.20 Å². The van der Waals surface area contributed by atoms with Gasteiger partial charge in [-0.05, 0) is 36.4 Å². The normalized spacial score (nSPS) is 11.9. The number of ether oxygens (including phenoxy) is 1. The zero-order valence-electron chi connectivity index (χ0n) is 16.6. The Morgan fingerprint density at radius 2 is 1.53 bits per heavy atom. The van der Waals surface area contributed by atoms with Gasteiger partial charge in [-0.2, -0.15) is 34.8 Å². The molecule has 1 amide bonds. The molecule has 3 aromatic rings. The number of rotatable bonds is 4. The number of alkyl halides is 6. The van der Waals surface area contributed by atoms with Crippen molar-refractivity contribution in [3.05, 3.63) is 83.6 Å². The maximum atomic E-state index is 12.4. The van der Waals surface area contributed by atoms with Gasteiger partial charge >= 0.3 is 12.4 Å². The molecular weight excluding hydrogens is 494 g/mol. The largest absolute Gasteiger partial charge is 0.439 e. The summed E-state index contributed by atoms with van der Waals surface area (Å²) in [6, 6.07) is 12.2. The van der Waals surface area contributed by atoms with Crippen LogP contribution in [0, 0.1) is 0 Å². The van der Waals surface area contributed by atoms with Crippen molar-refractivity contribution in [3.8, 4) is 11.6 Å². The zero-order chi connectivity index (χ0) is 25.7. The molecule has 0 aliphatic carbocycles. The Labute approximate surface area is 188 Å². The number of aromatic nitrogens is 1. The Bertz CT molecular complexity index is 1250. The fourth-order valence-corrected chi connectivity index (χ4v) is 2.78. The zero-order valence-corrected chi connectivity index (χ0v) is 17.4. The van der Waals surface area contributed by atoms with Crippen LogP contribution in [-0.4, -0.2) is 23.9 Å². The molecule has 0 saturated carbocycles. The molecule has 14 heteroatoms. The van der Waals surface area contributed by atoms with E-state index in [1.165, 1.54) is 12.1 Å². The predicted molar refractivity (Wildman–Crippen MR) is 106 cm³/mol. The summed E-state index contributed by atoms with van der Waals surface area (Å²) in [6.45, 7) is 0. The number of carbonyl (C=O) groups is 1. The smallest absolute Gasteiger partial charge is 0.417 e. The van der Waals surface area contributed by atoms with E-state index in [9.17, 15) is 39.6 Å². The van der Waals surface area contributed by atoms with Crippen molar-refractivity contribution in [2.45, 2.75) is 17.2 Å². The standard InChI is InChI=1S/C11H9NO4S.C9H5F6NO/c13-17(14,15)10-6-7-11(12-8-10)16-9-4-2-1-3-5-9;10-8(11,12)4-1-2-5(7(16)17)6(3-4)9(13,14)15/h1-8H,(H,13,14,15);1-3H,(H2,16,17). The third-order valence-electron chi connectivity index (χ3n) is 3.89. The number of hydrogen-bond donors (Lipinski definition) is 2. The summed E-state index contributed by atoms with van der Waals surface area (Å²) in [5, 5.41) is 0. The molecule has 0 fully saturated rings. The maximum Gasteiger partial charge on any atom is 0.417 e. The number of amides is 1. The van der Waals surface area contributed by atoms with E-state index in [4.69, 9.17) is 9.29 Å². The van der Waals surface area contributed by atoms with Crippen LogP contribution in [0.3, 0.4) is 0 Å². The van der Waals surface area contributed by atoms with Crippen LogP contribution in [0.15, 0.2) is 71.8 Å². The molecule has 3 N–H and O–H groups in total. The van der Waals surface area contributed by atoms with Crippen LogP contribution < -0.4 is 10.5 Å². The highest BCUT2D eigenvalue weighted by Crippen LogP contribution is 2.37.